The van der Waals surface area contributed by atoms with Gasteiger partial charge in [0.05, 0.1) is 6.54 Å². The molecule has 0 fully saturated rings. The number of urea groups is 1. The summed E-state index contributed by atoms with van der Waals surface area (Å²) >= 11 is 0. The van der Waals surface area contributed by atoms with E-state index in [1.54, 1.807) is 10.7 Å². The lowest BCUT2D eigenvalue weighted by Gasteiger charge is -2.27. The SMILES string of the molecule is C[C@@H](CNC(=O)Nc1ccn(Cc2ccccc2)n1)N(C)c1ccccc1. The second kappa shape index (κ2) is 8.89. The first-order valence-electron chi connectivity index (χ1n) is 9.02. The predicted octanol–water partition coefficient (Wildman–Crippen LogP) is 3.58. The third-order valence-electron chi connectivity index (χ3n) is 4.45. The molecule has 0 saturated heterocycles. The Balaban J connectivity index is 1.47. The van der Waals surface area contributed by atoms with E-state index >= 15 is 0 Å². The quantitative estimate of drug-likeness (QED) is 0.674. The molecule has 0 spiro atoms. The van der Waals surface area contributed by atoms with Crippen molar-refractivity contribution in [1.29, 1.82) is 0 Å². The number of nitrogens with zero attached hydrogens (tertiary/aromatic N) is 3. The first kappa shape index (κ1) is 18.5. The van der Waals surface area contributed by atoms with Crippen LogP contribution in [0.2, 0.25) is 0 Å². The summed E-state index contributed by atoms with van der Waals surface area (Å²) in [5, 5.41) is 10.1. The lowest BCUT2D eigenvalue weighted by atomic mass is 10.2. The van der Waals surface area contributed by atoms with Gasteiger partial charge in [-0.05, 0) is 24.6 Å². The van der Waals surface area contributed by atoms with Gasteiger partial charge in [-0.2, -0.15) is 5.10 Å². The average molecular weight is 363 g/mol. The fourth-order valence-electron chi connectivity index (χ4n) is 2.74. The summed E-state index contributed by atoms with van der Waals surface area (Å²) in [6, 6.07) is 21.9. The number of para-hydroxylation sites is 1. The highest BCUT2D eigenvalue weighted by molar-refractivity contribution is 5.88. The van der Waals surface area contributed by atoms with Crippen molar-refractivity contribution >= 4 is 17.5 Å². The predicted molar refractivity (Wildman–Crippen MR) is 109 cm³/mol. The highest BCUT2D eigenvalue weighted by atomic mass is 16.2. The van der Waals surface area contributed by atoms with Crippen LogP contribution < -0.4 is 15.5 Å². The van der Waals surface area contributed by atoms with E-state index in [-0.39, 0.29) is 12.1 Å². The van der Waals surface area contributed by atoms with E-state index in [9.17, 15) is 4.79 Å². The second-order valence-corrected chi connectivity index (χ2v) is 6.51. The Labute approximate surface area is 159 Å². The maximum atomic E-state index is 12.2. The zero-order valence-electron chi connectivity index (χ0n) is 15.7. The fraction of sp³-hybridized carbons (Fsp3) is 0.238. The molecule has 0 aliphatic heterocycles. The maximum Gasteiger partial charge on any atom is 0.320 e. The van der Waals surface area contributed by atoms with Gasteiger partial charge in [0.25, 0.3) is 0 Å². The molecule has 1 aromatic heterocycles. The second-order valence-electron chi connectivity index (χ2n) is 6.51. The molecule has 2 amide bonds. The standard InChI is InChI=1S/C21H25N5O/c1-17(25(2)19-11-7-4-8-12-19)15-22-21(27)23-20-13-14-26(24-20)16-18-9-5-3-6-10-18/h3-14,17H,15-16H2,1-2H3,(H2,22,23,24,27)/t17-/m0/s1. The largest absolute Gasteiger partial charge is 0.370 e. The third-order valence-corrected chi connectivity index (χ3v) is 4.45. The minimum absolute atomic E-state index is 0.161. The van der Waals surface area contributed by atoms with Gasteiger partial charge < -0.3 is 10.2 Å². The van der Waals surface area contributed by atoms with E-state index in [4.69, 9.17) is 0 Å². The summed E-state index contributed by atoms with van der Waals surface area (Å²) < 4.78 is 1.80. The molecule has 0 aliphatic rings. The van der Waals surface area contributed by atoms with Crippen molar-refractivity contribution in [3.63, 3.8) is 0 Å². The van der Waals surface area contributed by atoms with Gasteiger partial charge in [0.1, 0.15) is 0 Å². The zero-order valence-corrected chi connectivity index (χ0v) is 15.7. The molecule has 3 rings (SSSR count). The van der Waals surface area contributed by atoms with Crippen LogP contribution in [0.3, 0.4) is 0 Å². The molecule has 1 atom stereocenters. The van der Waals surface area contributed by atoms with Gasteiger partial charge in [-0.3, -0.25) is 10.00 Å². The zero-order chi connectivity index (χ0) is 19.1. The minimum Gasteiger partial charge on any atom is -0.370 e. The molecule has 0 aliphatic carbocycles. The van der Waals surface area contributed by atoms with Crippen molar-refractivity contribution < 1.29 is 4.79 Å². The number of likely N-dealkylation sites (N-methyl/N-ethyl adjacent to an activating group) is 1. The molecule has 1 heterocycles. The van der Waals surface area contributed by atoms with Crippen molar-refractivity contribution in [2.75, 3.05) is 23.8 Å². The first-order valence-corrected chi connectivity index (χ1v) is 9.02. The molecule has 140 valence electrons. The van der Waals surface area contributed by atoms with Crippen LogP contribution in [0.25, 0.3) is 0 Å². The number of rotatable bonds is 7. The van der Waals surface area contributed by atoms with Crippen LogP contribution in [0.15, 0.2) is 72.9 Å². The van der Waals surface area contributed by atoms with E-state index in [1.165, 1.54) is 0 Å². The maximum absolute atomic E-state index is 12.2. The van der Waals surface area contributed by atoms with Crippen molar-refractivity contribution in [3.8, 4) is 0 Å². The van der Waals surface area contributed by atoms with Crippen LogP contribution in [-0.4, -0.2) is 35.4 Å². The molecule has 6 heteroatoms. The number of hydrogen-bond donors (Lipinski definition) is 2. The van der Waals surface area contributed by atoms with E-state index < -0.39 is 0 Å². The number of aromatic nitrogens is 2. The molecular weight excluding hydrogens is 338 g/mol. The summed E-state index contributed by atoms with van der Waals surface area (Å²) in [6.07, 6.45) is 1.86. The van der Waals surface area contributed by atoms with Crippen LogP contribution in [0, 0.1) is 0 Å². The van der Waals surface area contributed by atoms with Crippen molar-refractivity contribution in [1.82, 2.24) is 15.1 Å². The van der Waals surface area contributed by atoms with Crippen LogP contribution in [0.5, 0.6) is 0 Å². The van der Waals surface area contributed by atoms with Crippen LogP contribution in [0.1, 0.15) is 12.5 Å². The minimum atomic E-state index is -0.256. The topological polar surface area (TPSA) is 62.2 Å². The Morgan fingerprint density at radius 3 is 2.44 bits per heavy atom. The van der Waals surface area contributed by atoms with Gasteiger partial charge in [0, 0.05) is 37.6 Å². The van der Waals surface area contributed by atoms with Crippen molar-refractivity contribution in [2.24, 2.45) is 0 Å². The molecule has 0 bridgehead atoms. The molecule has 2 aromatic carbocycles. The number of hydrogen-bond acceptors (Lipinski definition) is 3. The lowest BCUT2D eigenvalue weighted by Crippen LogP contribution is -2.41. The van der Waals surface area contributed by atoms with E-state index in [0.29, 0.717) is 18.9 Å². The van der Waals surface area contributed by atoms with Crippen molar-refractivity contribution in [2.45, 2.75) is 19.5 Å². The molecule has 3 aromatic rings. The van der Waals surface area contributed by atoms with Gasteiger partial charge in [-0.1, -0.05) is 48.5 Å². The van der Waals surface area contributed by atoms with Gasteiger partial charge in [0.2, 0.25) is 0 Å². The number of nitrogens with one attached hydrogen (secondary N) is 2. The van der Waals surface area contributed by atoms with Gasteiger partial charge in [-0.15, -0.1) is 0 Å². The Morgan fingerprint density at radius 1 is 1.07 bits per heavy atom. The monoisotopic (exact) mass is 363 g/mol. The van der Waals surface area contributed by atoms with E-state index in [1.807, 2.05) is 61.8 Å². The highest BCUT2D eigenvalue weighted by Crippen LogP contribution is 2.13. The lowest BCUT2D eigenvalue weighted by molar-refractivity contribution is 0.251. The molecule has 27 heavy (non-hydrogen) atoms. The summed E-state index contributed by atoms with van der Waals surface area (Å²) in [7, 11) is 2.02. The Hall–Kier alpha value is -3.28. The number of amides is 2. The smallest absolute Gasteiger partial charge is 0.320 e. The average Bonchev–Trinajstić information content (AvgIpc) is 3.13. The number of carbonyl (C=O) groups excluding carboxylic acids is 1. The number of anilines is 2. The molecule has 6 nitrogen and oxygen atoms in total. The molecule has 0 saturated carbocycles. The molecule has 2 N–H and O–H groups in total. The van der Waals surface area contributed by atoms with Gasteiger partial charge in [-0.25, -0.2) is 4.79 Å². The summed E-state index contributed by atoms with van der Waals surface area (Å²) in [5.74, 6) is 0.535. The summed E-state index contributed by atoms with van der Waals surface area (Å²) in [6.45, 7) is 3.27. The van der Waals surface area contributed by atoms with Crippen LogP contribution in [-0.2, 0) is 6.54 Å². The third kappa shape index (κ3) is 5.34. The Bertz CT molecular complexity index is 847. The number of benzene rings is 2. The number of carbonyl (C=O) groups is 1. The first-order chi connectivity index (χ1) is 13.1. The Morgan fingerprint density at radius 2 is 1.74 bits per heavy atom. The van der Waals surface area contributed by atoms with Crippen LogP contribution in [0.4, 0.5) is 16.3 Å². The van der Waals surface area contributed by atoms with Gasteiger partial charge in [0.15, 0.2) is 5.82 Å². The molecular formula is C21H25N5O. The van der Waals surface area contributed by atoms with E-state index in [0.717, 1.165) is 11.3 Å². The Kier molecular flexibility index (Phi) is 6.10. The van der Waals surface area contributed by atoms with Crippen LogP contribution >= 0.6 is 0 Å². The molecule has 0 unspecified atom stereocenters. The van der Waals surface area contributed by atoms with Gasteiger partial charge >= 0.3 is 6.03 Å². The molecule has 0 radical (unpaired) electrons. The highest BCUT2D eigenvalue weighted by Gasteiger charge is 2.12. The fourth-order valence-corrected chi connectivity index (χ4v) is 2.74. The normalized spacial score (nSPS) is 11.6. The summed E-state index contributed by atoms with van der Waals surface area (Å²) in [5.41, 5.74) is 2.28. The van der Waals surface area contributed by atoms with E-state index in [2.05, 4.69) is 39.7 Å². The van der Waals surface area contributed by atoms with Crippen molar-refractivity contribution in [3.05, 3.63) is 78.5 Å². The summed E-state index contributed by atoms with van der Waals surface area (Å²) in [4.78, 5) is 14.3.